The molecule has 1 aromatic carbocycles. The van der Waals surface area contributed by atoms with E-state index in [0.29, 0.717) is 29.8 Å². The second-order valence-corrected chi connectivity index (χ2v) is 6.86. The van der Waals surface area contributed by atoms with Gasteiger partial charge in [0.15, 0.2) is 0 Å². The summed E-state index contributed by atoms with van der Waals surface area (Å²) in [5.74, 6) is 1.23. The number of likely N-dealkylation sites (tertiary alicyclic amines) is 1. The number of urea groups is 1. The van der Waals surface area contributed by atoms with Gasteiger partial charge in [-0.3, -0.25) is 0 Å². The zero-order valence-corrected chi connectivity index (χ0v) is 15.5. The van der Waals surface area contributed by atoms with Crippen LogP contribution in [0.2, 0.25) is 0 Å². The van der Waals surface area contributed by atoms with E-state index < -0.39 is 0 Å². The number of benzene rings is 1. The number of halogens is 1. The van der Waals surface area contributed by atoms with Crippen LogP contribution in [0.1, 0.15) is 19.3 Å². The summed E-state index contributed by atoms with van der Waals surface area (Å²) < 4.78 is 18.4. The Labute approximate surface area is 158 Å². The summed E-state index contributed by atoms with van der Waals surface area (Å²) in [6.07, 6.45) is 4.91. The molecule has 6 nitrogen and oxygen atoms in total. The van der Waals surface area contributed by atoms with Gasteiger partial charge in [-0.25, -0.2) is 14.2 Å². The summed E-state index contributed by atoms with van der Waals surface area (Å²) in [7, 11) is 2.14. The van der Waals surface area contributed by atoms with Crippen molar-refractivity contribution in [1.82, 2.24) is 15.2 Å². The van der Waals surface area contributed by atoms with Crippen molar-refractivity contribution < 1.29 is 13.9 Å². The number of carbonyl (C=O) groups is 1. The molecule has 1 fully saturated rings. The van der Waals surface area contributed by atoms with Crippen molar-refractivity contribution in [3.8, 4) is 11.6 Å². The number of ether oxygens (including phenoxy) is 1. The van der Waals surface area contributed by atoms with Crippen molar-refractivity contribution in [2.24, 2.45) is 5.92 Å². The van der Waals surface area contributed by atoms with Crippen LogP contribution in [-0.2, 0) is 0 Å². The highest BCUT2D eigenvalue weighted by atomic mass is 19.1. The number of anilines is 1. The SMILES string of the molecule is CN1CCC(CCNC(=O)Nc2ccc(Oc3ccc(F)cc3)nc2)CC1. The molecular weight excluding hydrogens is 347 g/mol. The number of carbonyl (C=O) groups excluding carboxylic acids is 1. The first-order chi connectivity index (χ1) is 13.1. The maximum absolute atomic E-state index is 12.9. The van der Waals surface area contributed by atoms with Gasteiger partial charge >= 0.3 is 6.03 Å². The third-order valence-electron chi connectivity index (χ3n) is 4.71. The molecule has 1 saturated heterocycles. The van der Waals surface area contributed by atoms with E-state index in [1.165, 1.54) is 43.3 Å². The molecule has 2 aromatic rings. The normalized spacial score (nSPS) is 15.3. The minimum Gasteiger partial charge on any atom is -0.439 e. The van der Waals surface area contributed by atoms with Gasteiger partial charge in [-0.05, 0) is 75.6 Å². The largest absolute Gasteiger partial charge is 0.439 e. The van der Waals surface area contributed by atoms with Crippen LogP contribution in [0, 0.1) is 11.7 Å². The van der Waals surface area contributed by atoms with Crippen LogP contribution < -0.4 is 15.4 Å². The molecular formula is C20H25FN4O2. The molecule has 0 bridgehead atoms. The van der Waals surface area contributed by atoms with Crippen molar-refractivity contribution in [3.63, 3.8) is 0 Å². The Balaban J connectivity index is 1.39. The van der Waals surface area contributed by atoms with E-state index >= 15 is 0 Å². The summed E-state index contributed by atoms with van der Waals surface area (Å²) in [5.41, 5.74) is 0.582. The van der Waals surface area contributed by atoms with Crippen LogP contribution >= 0.6 is 0 Å². The fourth-order valence-corrected chi connectivity index (χ4v) is 3.05. The van der Waals surface area contributed by atoms with E-state index in [0.717, 1.165) is 19.5 Å². The van der Waals surface area contributed by atoms with Crippen LogP contribution in [0.15, 0.2) is 42.6 Å². The van der Waals surface area contributed by atoms with E-state index in [1.54, 1.807) is 12.1 Å². The number of pyridine rings is 1. The number of nitrogens with zero attached hydrogens (tertiary/aromatic N) is 2. The molecule has 0 saturated carbocycles. The van der Waals surface area contributed by atoms with Gasteiger partial charge < -0.3 is 20.3 Å². The molecule has 1 aromatic heterocycles. The number of rotatable bonds is 6. The minimum absolute atomic E-state index is 0.239. The summed E-state index contributed by atoms with van der Waals surface area (Å²) in [6.45, 7) is 2.93. The van der Waals surface area contributed by atoms with E-state index in [4.69, 9.17) is 4.74 Å². The topological polar surface area (TPSA) is 66.5 Å². The van der Waals surface area contributed by atoms with Gasteiger partial charge in [0.25, 0.3) is 0 Å². The summed E-state index contributed by atoms with van der Waals surface area (Å²) in [6, 6.07) is 8.82. The average Bonchev–Trinajstić information content (AvgIpc) is 2.67. The molecule has 1 aliphatic heterocycles. The molecule has 144 valence electrons. The first-order valence-corrected chi connectivity index (χ1v) is 9.21. The van der Waals surface area contributed by atoms with Gasteiger partial charge in [0, 0.05) is 12.6 Å². The second kappa shape index (κ2) is 9.32. The Morgan fingerprint density at radius 3 is 2.63 bits per heavy atom. The lowest BCUT2D eigenvalue weighted by atomic mass is 9.94. The lowest BCUT2D eigenvalue weighted by Crippen LogP contribution is -2.34. The maximum atomic E-state index is 12.9. The van der Waals surface area contributed by atoms with Crippen molar-refractivity contribution in [2.45, 2.75) is 19.3 Å². The van der Waals surface area contributed by atoms with Crippen molar-refractivity contribution in [3.05, 3.63) is 48.4 Å². The van der Waals surface area contributed by atoms with Gasteiger partial charge in [-0.2, -0.15) is 0 Å². The highest BCUT2D eigenvalue weighted by molar-refractivity contribution is 5.88. The highest BCUT2D eigenvalue weighted by Gasteiger charge is 2.16. The average molecular weight is 372 g/mol. The van der Waals surface area contributed by atoms with Gasteiger partial charge in [0.1, 0.15) is 11.6 Å². The molecule has 7 heteroatoms. The Morgan fingerprint density at radius 1 is 1.22 bits per heavy atom. The molecule has 0 radical (unpaired) electrons. The summed E-state index contributed by atoms with van der Waals surface area (Å²) >= 11 is 0. The van der Waals surface area contributed by atoms with Crippen LogP contribution in [-0.4, -0.2) is 42.6 Å². The van der Waals surface area contributed by atoms with Crippen LogP contribution in [0.5, 0.6) is 11.6 Å². The predicted octanol–water partition coefficient (Wildman–Crippen LogP) is 3.87. The zero-order chi connectivity index (χ0) is 19.1. The lowest BCUT2D eigenvalue weighted by Gasteiger charge is -2.28. The van der Waals surface area contributed by atoms with Crippen molar-refractivity contribution in [1.29, 1.82) is 0 Å². The monoisotopic (exact) mass is 372 g/mol. The summed E-state index contributed by atoms with van der Waals surface area (Å²) in [4.78, 5) is 18.5. The Morgan fingerprint density at radius 2 is 1.96 bits per heavy atom. The summed E-state index contributed by atoms with van der Waals surface area (Å²) in [5, 5.41) is 5.65. The van der Waals surface area contributed by atoms with Crippen LogP contribution in [0.4, 0.5) is 14.9 Å². The first kappa shape index (κ1) is 19.1. The fraction of sp³-hybridized carbons (Fsp3) is 0.400. The standard InChI is InChI=1S/C20H25FN4O2/c1-25-12-9-15(10-13-25)8-11-22-20(26)24-17-4-7-19(23-14-17)27-18-5-2-16(21)3-6-18/h2-7,14-15H,8-13H2,1H3,(H2,22,24,26). The molecule has 0 aliphatic carbocycles. The highest BCUT2D eigenvalue weighted by Crippen LogP contribution is 2.21. The molecule has 2 N–H and O–H groups in total. The molecule has 3 rings (SSSR count). The number of hydrogen-bond donors (Lipinski definition) is 2. The molecule has 0 spiro atoms. The minimum atomic E-state index is -0.323. The van der Waals surface area contributed by atoms with Crippen molar-refractivity contribution in [2.75, 3.05) is 32.0 Å². The maximum Gasteiger partial charge on any atom is 0.319 e. The Bertz CT molecular complexity index is 729. The number of amides is 2. The van der Waals surface area contributed by atoms with Crippen LogP contribution in [0.25, 0.3) is 0 Å². The van der Waals surface area contributed by atoms with Gasteiger partial charge in [0.2, 0.25) is 5.88 Å². The lowest BCUT2D eigenvalue weighted by molar-refractivity contribution is 0.211. The van der Waals surface area contributed by atoms with Crippen molar-refractivity contribution >= 4 is 11.7 Å². The molecule has 1 aliphatic rings. The van der Waals surface area contributed by atoms with Crippen LogP contribution in [0.3, 0.4) is 0 Å². The van der Waals surface area contributed by atoms with Gasteiger partial charge in [-0.15, -0.1) is 0 Å². The van der Waals surface area contributed by atoms with E-state index in [1.807, 2.05) is 0 Å². The van der Waals surface area contributed by atoms with E-state index in [2.05, 4.69) is 27.6 Å². The number of nitrogens with one attached hydrogen (secondary N) is 2. The number of piperidine rings is 1. The molecule has 2 amide bonds. The predicted molar refractivity (Wildman–Crippen MR) is 103 cm³/mol. The molecule has 2 heterocycles. The number of hydrogen-bond acceptors (Lipinski definition) is 4. The second-order valence-electron chi connectivity index (χ2n) is 6.86. The third-order valence-corrected chi connectivity index (χ3v) is 4.71. The number of aromatic nitrogens is 1. The quantitative estimate of drug-likeness (QED) is 0.808. The van der Waals surface area contributed by atoms with Gasteiger partial charge in [-0.1, -0.05) is 0 Å². The van der Waals surface area contributed by atoms with E-state index in [-0.39, 0.29) is 11.8 Å². The zero-order valence-electron chi connectivity index (χ0n) is 15.5. The molecule has 0 atom stereocenters. The molecule has 0 unspecified atom stereocenters. The van der Waals surface area contributed by atoms with Gasteiger partial charge in [0.05, 0.1) is 11.9 Å². The third kappa shape index (κ3) is 6.21. The fourth-order valence-electron chi connectivity index (χ4n) is 3.05. The smallest absolute Gasteiger partial charge is 0.319 e. The first-order valence-electron chi connectivity index (χ1n) is 9.21. The molecule has 27 heavy (non-hydrogen) atoms. The van der Waals surface area contributed by atoms with E-state index in [9.17, 15) is 9.18 Å². The Hall–Kier alpha value is -2.67. The Kier molecular flexibility index (Phi) is 6.59.